The van der Waals surface area contributed by atoms with E-state index in [0.29, 0.717) is 18.3 Å². The van der Waals surface area contributed by atoms with Crippen LogP contribution in [0, 0.1) is 13.8 Å². The monoisotopic (exact) mass is 221 g/mol. The summed E-state index contributed by atoms with van der Waals surface area (Å²) in [6.07, 6.45) is 0. The van der Waals surface area contributed by atoms with Crippen molar-refractivity contribution >= 4 is 0 Å². The predicted octanol–water partition coefficient (Wildman–Crippen LogP) is 2.13. The van der Waals surface area contributed by atoms with Crippen molar-refractivity contribution in [1.82, 2.24) is 15.5 Å². The van der Waals surface area contributed by atoms with Crippen LogP contribution in [-0.2, 0) is 6.54 Å². The summed E-state index contributed by atoms with van der Waals surface area (Å²) in [5.74, 6) is 3.07. The average molecular weight is 221 g/mol. The quantitative estimate of drug-likeness (QED) is 0.856. The van der Waals surface area contributed by atoms with E-state index >= 15 is 0 Å². The molecule has 0 aromatic carbocycles. The molecule has 2 aromatic heterocycles. The summed E-state index contributed by atoms with van der Waals surface area (Å²) in [6.45, 7) is 6.30. The van der Waals surface area contributed by atoms with Crippen molar-refractivity contribution in [3.63, 3.8) is 0 Å². The predicted molar refractivity (Wildman–Crippen MR) is 57.7 cm³/mol. The third-order valence-corrected chi connectivity index (χ3v) is 2.32. The zero-order chi connectivity index (χ0) is 11.5. The molecule has 0 aliphatic carbocycles. The maximum atomic E-state index is 5.51. The Morgan fingerprint density at radius 1 is 1.38 bits per heavy atom. The molecule has 0 aliphatic heterocycles. The lowest BCUT2D eigenvalue weighted by atomic mass is 10.2. The zero-order valence-electron chi connectivity index (χ0n) is 9.65. The van der Waals surface area contributed by atoms with Gasteiger partial charge in [-0.25, -0.2) is 0 Å². The number of aryl methyl sites for hydroxylation is 2. The minimum Gasteiger partial charge on any atom is -0.465 e. The van der Waals surface area contributed by atoms with Gasteiger partial charge in [-0.05, 0) is 26.0 Å². The first kappa shape index (κ1) is 10.9. The fraction of sp³-hybridized carbons (Fsp3) is 0.455. The number of nitrogens with zero attached hydrogens (tertiary/aromatic N) is 2. The molecular formula is C11H15N3O2. The Morgan fingerprint density at radius 2 is 2.19 bits per heavy atom. The topological polar surface area (TPSA) is 64.1 Å². The Hall–Kier alpha value is -1.62. The molecule has 0 spiro atoms. The lowest BCUT2D eigenvalue weighted by molar-refractivity contribution is 0.378. The molecule has 5 heteroatoms. The molecule has 2 aromatic rings. The third-order valence-electron chi connectivity index (χ3n) is 2.32. The number of hydrogen-bond acceptors (Lipinski definition) is 5. The van der Waals surface area contributed by atoms with E-state index in [1.807, 2.05) is 26.0 Å². The SMILES string of the molecule is Cc1ccc([C@@H](C)NCc2noc(C)n2)o1. The summed E-state index contributed by atoms with van der Waals surface area (Å²) in [7, 11) is 0. The van der Waals surface area contributed by atoms with Crippen molar-refractivity contribution in [1.29, 1.82) is 0 Å². The normalized spacial score (nSPS) is 12.9. The number of aromatic nitrogens is 2. The Bertz CT molecular complexity index is 461. The summed E-state index contributed by atoms with van der Waals surface area (Å²) < 4.78 is 10.4. The van der Waals surface area contributed by atoms with Crippen molar-refractivity contribution in [2.24, 2.45) is 0 Å². The lowest BCUT2D eigenvalue weighted by Gasteiger charge is -2.08. The maximum Gasteiger partial charge on any atom is 0.223 e. The summed E-state index contributed by atoms with van der Waals surface area (Å²) in [4.78, 5) is 4.11. The smallest absolute Gasteiger partial charge is 0.223 e. The van der Waals surface area contributed by atoms with E-state index < -0.39 is 0 Å². The van der Waals surface area contributed by atoms with Crippen molar-refractivity contribution in [3.8, 4) is 0 Å². The molecule has 2 heterocycles. The van der Waals surface area contributed by atoms with Gasteiger partial charge in [0.05, 0.1) is 12.6 Å². The molecule has 0 radical (unpaired) electrons. The second kappa shape index (κ2) is 4.49. The molecule has 0 saturated carbocycles. The van der Waals surface area contributed by atoms with Crippen LogP contribution in [0.25, 0.3) is 0 Å². The molecule has 0 fully saturated rings. The van der Waals surface area contributed by atoms with Crippen LogP contribution in [0.15, 0.2) is 21.1 Å². The van der Waals surface area contributed by atoms with E-state index in [1.165, 1.54) is 0 Å². The van der Waals surface area contributed by atoms with Crippen LogP contribution in [0.2, 0.25) is 0 Å². The Balaban J connectivity index is 1.91. The third kappa shape index (κ3) is 2.49. The summed E-state index contributed by atoms with van der Waals surface area (Å²) in [6, 6.07) is 4.05. The van der Waals surface area contributed by atoms with Gasteiger partial charge >= 0.3 is 0 Å². The van der Waals surface area contributed by atoms with Gasteiger partial charge in [0.25, 0.3) is 0 Å². The van der Waals surface area contributed by atoms with E-state index in [9.17, 15) is 0 Å². The number of rotatable bonds is 4. The van der Waals surface area contributed by atoms with E-state index in [0.717, 1.165) is 11.5 Å². The molecule has 0 bridgehead atoms. The van der Waals surface area contributed by atoms with Gasteiger partial charge in [0.2, 0.25) is 5.89 Å². The fourth-order valence-electron chi connectivity index (χ4n) is 1.44. The van der Waals surface area contributed by atoms with Gasteiger partial charge in [0.15, 0.2) is 5.82 Å². The molecule has 5 nitrogen and oxygen atoms in total. The van der Waals surface area contributed by atoms with Crippen molar-refractivity contribution in [2.75, 3.05) is 0 Å². The van der Waals surface area contributed by atoms with Crippen LogP contribution in [0.3, 0.4) is 0 Å². The molecule has 1 N–H and O–H groups in total. The highest BCUT2D eigenvalue weighted by Crippen LogP contribution is 2.15. The van der Waals surface area contributed by atoms with Crippen LogP contribution in [0.1, 0.15) is 36.2 Å². The van der Waals surface area contributed by atoms with Gasteiger partial charge in [0.1, 0.15) is 11.5 Å². The minimum absolute atomic E-state index is 0.132. The largest absolute Gasteiger partial charge is 0.465 e. The van der Waals surface area contributed by atoms with E-state index in [1.54, 1.807) is 6.92 Å². The maximum absolute atomic E-state index is 5.51. The van der Waals surface area contributed by atoms with E-state index in [-0.39, 0.29) is 6.04 Å². The van der Waals surface area contributed by atoms with Crippen molar-refractivity contribution in [3.05, 3.63) is 35.4 Å². The second-order valence-corrected chi connectivity index (χ2v) is 3.78. The first-order chi connectivity index (χ1) is 7.65. The molecule has 86 valence electrons. The summed E-state index contributed by atoms with van der Waals surface area (Å²) in [5.41, 5.74) is 0. The zero-order valence-corrected chi connectivity index (χ0v) is 9.65. The highest BCUT2D eigenvalue weighted by molar-refractivity contribution is 5.08. The summed E-state index contributed by atoms with van der Waals surface area (Å²) in [5, 5.41) is 7.07. The molecule has 0 unspecified atom stereocenters. The molecule has 2 rings (SSSR count). The highest BCUT2D eigenvalue weighted by Gasteiger charge is 2.10. The first-order valence-corrected chi connectivity index (χ1v) is 5.24. The van der Waals surface area contributed by atoms with Gasteiger partial charge < -0.3 is 14.3 Å². The summed E-state index contributed by atoms with van der Waals surface area (Å²) >= 11 is 0. The second-order valence-electron chi connectivity index (χ2n) is 3.78. The van der Waals surface area contributed by atoms with E-state index in [4.69, 9.17) is 8.94 Å². The number of nitrogens with one attached hydrogen (secondary N) is 1. The molecule has 0 saturated heterocycles. The minimum atomic E-state index is 0.132. The number of hydrogen-bond donors (Lipinski definition) is 1. The van der Waals surface area contributed by atoms with Gasteiger partial charge in [0, 0.05) is 6.92 Å². The Morgan fingerprint density at radius 3 is 2.75 bits per heavy atom. The van der Waals surface area contributed by atoms with Crippen LogP contribution >= 0.6 is 0 Å². The molecule has 0 aliphatic rings. The van der Waals surface area contributed by atoms with Crippen LogP contribution < -0.4 is 5.32 Å². The Labute approximate surface area is 93.8 Å². The van der Waals surface area contributed by atoms with Gasteiger partial charge in [-0.1, -0.05) is 5.16 Å². The average Bonchev–Trinajstić information content (AvgIpc) is 2.84. The molecule has 1 atom stereocenters. The van der Waals surface area contributed by atoms with Gasteiger partial charge in [-0.15, -0.1) is 0 Å². The van der Waals surface area contributed by atoms with Crippen LogP contribution in [0.4, 0.5) is 0 Å². The van der Waals surface area contributed by atoms with Crippen LogP contribution in [-0.4, -0.2) is 10.1 Å². The van der Waals surface area contributed by atoms with Gasteiger partial charge in [-0.3, -0.25) is 0 Å². The fourth-order valence-corrected chi connectivity index (χ4v) is 1.44. The van der Waals surface area contributed by atoms with E-state index in [2.05, 4.69) is 15.5 Å². The van der Waals surface area contributed by atoms with Crippen LogP contribution in [0.5, 0.6) is 0 Å². The molecule has 0 amide bonds. The molecular weight excluding hydrogens is 206 g/mol. The Kier molecular flexibility index (Phi) is 3.05. The molecule has 16 heavy (non-hydrogen) atoms. The first-order valence-electron chi connectivity index (χ1n) is 5.24. The number of furan rings is 1. The highest BCUT2D eigenvalue weighted by atomic mass is 16.5. The standard InChI is InChI=1S/C11H15N3O2/c1-7-4-5-10(15-7)8(2)12-6-11-13-9(3)16-14-11/h4-5,8,12H,6H2,1-3H3/t8-/m1/s1. The van der Waals surface area contributed by atoms with Crippen molar-refractivity contribution in [2.45, 2.75) is 33.4 Å². The van der Waals surface area contributed by atoms with Gasteiger partial charge in [-0.2, -0.15) is 4.98 Å². The van der Waals surface area contributed by atoms with Crippen molar-refractivity contribution < 1.29 is 8.94 Å². The lowest BCUT2D eigenvalue weighted by Crippen LogP contribution is -2.18.